The van der Waals surface area contributed by atoms with Crippen molar-refractivity contribution < 1.29 is 4.74 Å². The molecule has 3 nitrogen and oxygen atoms in total. The second kappa shape index (κ2) is 6.91. The molecule has 0 radical (unpaired) electrons. The predicted octanol–water partition coefficient (Wildman–Crippen LogP) is 4.88. The molecule has 0 aromatic heterocycles. The van der Waals surface area contributed by atoms with Gasteiger partial charge in [-0.1, -0.05) is 22.0 Å². The summed E-state index contributed by atoms with van der Waals surface area (Å²) in [6.07, 6.45) is 0. The minimum Gasteiger partial charge on any atom is -0.495 e. The molecule has 0 amide bonds. The molecule has 5 heteroatoms. The summed E-state index contributed by atoms with van der Waals surface area (Å²) in [6.45, 7) is 4.06. The molecule has 0 saturated carbocycles. The summed E-state index contributed by atoms with van der Waals surface area (Å²) in [7, 11) is 1.64. The van der Waals surface area contributed by atoms with Crippen LogP contribution >= 0.6 is 28.1 Å². The largest absolute Gasteiger partial charge is 0.495 e. The molecule has 0 heterocycles. The molecule has 110 valence electrons. The molecule has 2 aromatic carbocycles. The zero-order chi connectivity index (χ0) is 15.4. The van der Waals surface area contributed by atoms with Crippen LogP contribution in [0.1, 0.15) is 11.1 Å². The summed E-state index contributed by atoms with van der Waals surface area (Å²) >= 11 is 8.82. The van der Waals surface area contributed by atoms with Gasteiger partial charge in [0.25, 0.3) is 0 Å². The van der Waals surface area contributed by atoms with Gasteiger partial charge >= 0.3 is 0 Å². The van der Waals surface area contributed by atoms with Crippen LogP contribution in [0, 0.1) is 13.8 Å². The van der Waals surface area contributed by atoms with E-state index in [1.807, 2.05) is 50.2 Å². The number of halogens is 1. The van der Waals surface area contributed by atoms with E-state index in [0.29, 0.717) is 5.11 Å². The third-order valence-corrected chi connectivity index (χ3v) is 3.74. The minimum absolute atomic E-state index is 0.532. The molecule has 0 aliphatic carbocycles. The van der Waals surface area contributed by atoms with Gasteiger partial charge in [-0.2, -0.15) is 0 Å². The molecule has 0 saturated heterocycles. The summed E-state index contributed by atoms with van der Waals surface area (Å²) in [5.41, 5.74) is 4.08. The van der Waals surface area contributed by atoms with Gasteiger partial charge in [0.15, 0.2) is 5.11 Å². The molecule has 2 N–H and O–H groups in total. The lowest BCUT2D eigenvalue weighted by Crippen LogP contribution is -2.20. The highest BCUT2D eigenvalue weighted by Crippen LogP contribution is 2.26. The number of benzene rings is 2. The van der Waals surface area contributed by atoms with Gasteiger partial charge in [0.1, 0.15) is 5.75 Å². The summed E-state index contributed by atoms with van der Waals surface area (Å²) < 4.78 is 6.38. The molecular formula is C16H17BrN2OS. The fourth-order valence-corrected chi connectivity index (χ4v) is 2.66. The highest BCUT2D eigenvalue weighted by atomic mass is 79.9. The number of ether oxygens (including phenoxy) is 1. The monoisotopic (exact) mass is 364 g/mol. The molecule has 2 rings (SSSR count). The number of nitrogens with one attached hydrogen (secondary N) is 2. The highest BCUT2D eigenvalue weighted by Gasteiger charge is 2.06. The fraction of sp³-hybridized carbons (Fsp3) is 0.188. The Labute approximate surface area is 138 Å². The van der Waals surface area contributed by atoms with Crippen molar-refractivity contribution in [1.29, 1.82) is 0 Å². The molecule has 0 spiro atoms. The van der Waals surface area contributed by atoms with Crippen molar-refractivity contribution in [3.8, 4) is 5.75 Å². The normalized spacial score (nSPS) is 10.1. The molecular weight excluding hydrogens is 348 g/mol. The summed E-state index contributed by atoms with van der Waals surface area (Å²) in [6, 6.07) is 11.9. The van der Waals surface area contributed by atoms with Crippen LogP contribution in [0.5, 0.6) is 5.75 Å². The first-order chi connectivity index (χ1) is 9.99. The minimum atomic E-state index is 0.532. The van der Waals surface area contributed by atoms with Crippen molar-refractivity contribution in [2.75, 3.05) is 17.7 Å². The molecule has 0 aliphatic heterocycles. The van der Waals surface area contributed by atoms with Crippen LogP contribution < -0.4 is 15.4 Å². The lowest BCUT2D eigenvalue weighted by molar-refractivity contribution is 0.417. The van der Waals surface area contributed by atoms with Gasteiger partial charge in [0.2, 0.25) is 0 Å². The average molecular weight is 365 g/mol. The molecule has 0 aliphatic rings. The number of anilines is 2. The first-order valence-electron chi connectivity index (χ1n) is 6.48. The maximum absolute atomic E-state index is 5.37. The Hall–Kier alpha value is -1.59. The zero-order valence-corrected chi connectivity index (χ0v) is 14.6. The van der Waals surface area contributed by atoms with Gasteiger partial charge < -0.3 is 15.4 Å². The van der Waals surface area contributed by atoms with Crippen LogP contribution in [0.2, 0.25) is 0 Å². The van der Waals surface area contributed by atoms with Crippen LogP contribution in [0.25, 0.3) is 0 Å². The highest BCUT2D eigenvalue weighted by molar-refractivity contribution is 9.10. The molecule has 0 bridgehead atoms. The number of aryl methyl sites for hydroxylation is 2. The van der Waals surface area contributed by atoms with E-state index in [0.717, 1.165) is 32.7 Å². The maximum Gasteiger partial charge on any atom is 0.175 e. The lowest BCUT2D eigenvalue weighted by Gasteiger charge is -2.15. The van der Waals surface area contributed by atoms with Gasteiger partial charge in [0, 0.05) is 10.2 Å². The molecule has 0 atom stereocenters. The van der Waals surface area contributed by atoms with Crippen molar-refractivity contribution in [2.45, 2.75) is 13.8 Å². The van der Waals surface area contributed by atoms with E-state index in [2.05, 4.69) is 26.6 Å². The standard InChI is InChI=1S/C16H17BrN2OS/c1-10-4-7-15(20-3)14(8-10)19-16(21)18-13-6-5-12(17)9-11(13)2/h4-9H,1-3H3,(H2,18,19,21). The topological polar surface area (TPSA) is 33.3 Å². The zero-order valence-electron chi connectivity index (χ0n) is 12.2. The number of rotatable bonds is 3. The summed E-state index contributed by atoms with van der Waals surface area (Å²) in [5, 5.41) is 6.91. The SMILES string of the molecule is COc1ccc(C)cc1NC(=S)Nc1ccc(Br)cc1C. The van der Waals surface area contributed by atoms with Crippen molar-refractivity contribution in [2.24, 2.45) is 0 Å². The molecule has 0 fully saturated rings. The smallest absolute Gasteiger partial charge is 0.175 e. The van der Waals surface area contributed by atoms with E-state index < -0.39 is 0 Å². The maximum atomic E-state index is 5.37. The van der Waals surface area contributed by atoms with Crippen molar-refractivity contribution in [1.82, 2.24) is 0 Å². The van der Waals surface area contributed by atoms with E-state index in [9.17, 15) is 0 Å². The number of hydrogen-bond donors (Lipinski definition) is 2. The Morgan fingerprint density at radius 2 is 1.76 bits per heavy atom. The Morgan fingerprint density at radius 3 is 2.43 bits per heavy atom. The second-order valence-electron chi connectivity index (χ2n) is 4.74. The van der Waals surface area contributed by atoms with E-state index in [1.165, 1.54) is 0 Å². The van der Waals surface area contributed by atoms with E-state index in [1.54, 1.807) is 7.11 Å². The summed E-state index contributed by atoms with van der Waals surface area (Å²) in [5.74, 6) is 0.761. The van der Waals surface area contributed by atoms with Gasteiger partial charge in [-0.25, -0.2) is 0 Å². The number of thiocarbonyl (C=S) groups is 1. The molecule has 0 unspecified atom stereocenters. The third-order valence-electron chi connectivity index (χ3n) is 3.04. The van der Waals surface area contributed by atoms with Gasteiger partial charge in [-0.15, -0.1) is 0 Å². The van der Waals surface area contributed by atoms with Crippen LogP contribution in [0.15, 0.2) is 40.9 Å². The lowest BCUT2D eigenvalue weighted by atomic mass is 10.2. The van der Waals surface area contributed by atoms with E-state index in [4.69, 9.17) is 17.0 Å². The third kappa shape index (κ3) is 4.19. The average Bonchev–Trinajstić information content (AvgIpc) is 2.42. The first kappa shape index (κ1) is 15.8. The van der Waals surface area contributed by atoms with Crippen LogP contribution in [0.4, 0.5) is 11.4 Å². The first-order valence-corrected chi connectivity index (χ1v) is 7.68. The van der Waals surface area contributed by atoms with Crippen LogP contribution in [-0.4, -0.2) is 12.2 Å². The van der Waals surface area contributed by atoms with Crippen LogP contribution in [-0.2, 0) is 0 Å². The summed E-state index contributed by atoms with van der Waals surface area (Å²) in [4.78, 5) is 0. The van der Waals surface area contributed by atoms with E-state index >= 15 is 0 Å². The fourth-order valence-electron chi connectivity index (χ4n) is 1.96. The van der Waals surface area contributed by atoms with Gasteiger partial charge in [-0.3, -0.25) is 0 Å². The van der Waals surface area contributed by atoms with Gasteiger partial charge in [0.05, 0.1) is 12.8 Å². The quantitative estimate of drug-likeness (QED) is 0.760. The number of hydrogen-bond acceptors (Lipinski definition) is 2. The Morgan fingerprint density at radius 1 is 1.05 bits per heavy atom. The molecule has 2 aromatic rings. The predicted molar refractivity (Wildman–Crippen MR) is 96.5 cm³/mol. The molecule has 21 heavy (non-hydrogen) atoms. The Bertz CT molecular complexity index is 673. The van der Waals surface area contributed by atoms with Gasteiger partial charge in [-0.05, 0) is 67.5 Å². The van der Waals surface area contributed by atoms with Crippen molar-refractivity contribution in [3.63, 3.8) is 0 Å². The Balaban J connectivity index is 2.13. The number of methoxy groups -OCH3 is 1. The van der Waals surface area contributed by atoms with Crippen molar-refractivity contribution >= 4 is 44.6 Å². The van der Waals surface area contributed by atoms with Crippen molar-refractivity contribution in [3.05, 3.63) is 52.0 Å². The van der Waals surface area contributed by atoms with E-state index in [-0.39, 0.29) is 0 Å². The second-order valence-corrected chi connectivity index (χ2v) is 6.07. The Kier molecular flexibility index (Phi) is 5.20. The van der Waals surface area contributed by atoms with Crippen LogP contribution in [0.3, 0.4) is 0 Å².